The summed E-state index contributed by atoms with van der Waals surface area (Å²) in [6.07, 6.45) is 3.49. The summed E-state index contributed by atoms with van der Waals surface area (Å²) in [4.78, 5) is 10.7. The van der Waals surface area contributed by atoms with Crippen LogP contribution in [0.3, 0.4) is 0 Å². The van der Waals surface area contributed by atoms with Crippen molar-refractivity contribution in [3.63, 3.8) is 0 Å². The Bertz CT molecular complexity index is 781. The van der Waals surface area contributed by atoms with Crippen LogP contribution in [0.5, 0.6) is 11.5 Å². The molecule has 1 aromatic carbocycles. The predicted octanol–water partition coefficient (Wildman–Crippen LogP) is 1.60. The lowest BCUT2D eigenvalue weighted by Crippen LogP contribution is -2.40. The van der Waals surface area contributed by atoms with E-state index in [9.17, 15) is 13.2 Å². The number of nitrogens with zero attached hydrogens (tertiary/aromatic N) is 1. The number of hydrogen-bond acceptors (Lipinski definition) is 6. The van der Waals surface area contributed by atoms with E-state index in [0.29, 0.717) is 31.5 Å². The van der Waals surface area contributed by atoms with E-state index in [4.69, 9.17) is 19.3 Å². The highest BCUT2D eigenvalue weighted by molar-refractivity contribution is 7.89. The number of benzene rings is 1. The molecule has 2 rings (SSSR count). The minimum Gasteiger partial charge on any atom is -0.493 e. The summed E-state index contributed by atoms with van der Waals surface area (Å²) in [6.45, 7) is 0.670. The molecule has 0 radical (unpaired) electrons. The first-order valence-electron chi connectivity index (χ1n) is 8.03. The van der Waals surface area contributed by atoms with Crippen molar-refractivity contribution < 1.29 is 32.5 Å². The summed E-state index contributed by atoms with van der Waals surface area (Å²) in [6, 6.07) is 2.91. The second kappa shape index (κ2) is 8.52. The topological polar surface area (TPSA) is 102 Å². The Morgan fingerprint density at radius 1 is 1.19 bits per heavy atom. The van der Waals surface area contributed by atoms with Gasteiger partial charge in [0, 0.05) is 26.3 Å². The normalized spacial score (nSPS) is 16.7. The van der Waals surface area contributed by atoms with Gasteiger partial charge in [0.2, 0.25) is 10.0 Å². The largest absolute Gasteiger partial charge is 0.493 e. The van der Waals surface area contributed by atoms with Crippen molar-refractivity contribution in [2.75, 3.05) is 34.4 Å². The summed E-state index contributed by atoms with van der Waals surface area (Å²) < 4.78 is 43.4. The number of carboxylic acid groups (broad SMARTS) is 1. The molecule has 9 heteroatoms. The smallest absolute Gasteiger partial charge is 0.328 e. The lowest BCUT2D eigenvalue weighted by atomic mass is 10.1. The first-order chi connectivity index (χ1) is 12.3. The van der Waals surface area contributed by atoms with Crippen LogP contribution >= 0.6 is 0 Å². The number of ether oxygens (including phenoxy) is 3. The molecule has 0 amide bonds. The van der Waals surface area contributed by atoms with Crippen LogP contribution in [-0.2, 0) is 19.6 Å². The Labute approximate surface area is 153 Å². The van der Waals surface area contributed by atoms with E-state index in [1.54, 1.807) is 7.11 Å². The van der Waals surface area contributed by atoms with Gasteiger partial charge in [0.15, 0.2) is 11.5 Å². The molecule has 144 valence electrons. The fourth-order valence-corrected chi connectivity index (χ4v) is 4.53. The van der Waals surface area contributed by atoms with Crippen LogP contribution in [0.4, 0.5) is 0 Å². The molecule has 0 saturated carbocycles. The molecule has 26 heavy (non-hydrogen) atoms. The van der Waals surface area contributed by atoms with Crippen molar-refractivity contribution >= 4 is 22.1 Å². The van der Waals surface area contributed by atoms with Gasteiger partial charge in [0.05, 0.1) is 20.3 Å². The van der Waals surface area contributed by atoms with E-state index in [1.165, 1.54) is 36.7 Å². The summed E-state index contributed by atoms with van der Waals surface area (Å²) in [5, 5.41) is 8.80. The molecule has 0 aromatic heterocycles. The van der Waals surface area contributed by atoms with Crippen molar-refractivity contribution in [2.45, 2.75) is 23.8 Å². The second-order valence-corrected chi connectivity index (χ2v) is 7.67. The number of methoxy groups -OCH3 is 3. The molecule has 0 unspecified atom stereocenters. The van der Waals surface area contributed by atoms with Crippen molar-refractivity contribution in [1.29, 1.82) is 0 Å². The predicted molar refractivity (Wildman–Crippen MR) is 95.0 cm³/mol. The Morgan fingerprint density at radius 2 is 1.85 bits per heavy atom. The number of piperidine rings is 1. The molecule has 0 bridgehead atoms. The fraction of sp³-hybridized carbons (Fsp3) is 0.471. The Balaban J connectivity index is 2.48. The highest BCUT2D eigenvalue weighted by Crippen LogP contribution is 2.38. The van der Waals surface area contributed by atoms with Crippen LogP contribution in [0, 0.1) is 0 Å². The van der Waals surface area contributed by atoms with E-state index in [2.05, 4.69) is 0 Å². The highest BCUT2D eigenvalue weighted by atomic mass is 32.2. The third-order valence-electron chi connectivity index (χ3n) is 4.24. The minimum absolute atomic E-state index is 0.0442. The zero-order valence-electron chi connectivity index (χ0n) is 15.0. The summed E-state index contributed by atoms with van der Waals surface area (Å²) in [5.74, 6) is -0.829. The Hall–Kier alpha value is -2.10. The van der Waals surface area contributed by atoms with Gasteiger partial charge in [-0.2, -0.15) is 4.31 Å². The molecule has 1 saturated heterocycles. The van der Waals surface area contributed by atoms with Gasteiger partial charge in [0.25, 0.3) is 0 Å². The van der Waals surface area contributed by atoms with Gasteiger partial charge in [-0.15, -0.1) is 0 Å². The van der Waals surface area contributed by atoms with Gasteiger partial charge in [-0.05, 0) is 36.6 Å². The van der Waals surface area contributed by atoms with Crippen molar-refractivity contribution in [3.05, 3.63) is 23.8 Å². The van der Waals surface area contributed by atoms with E-state index in [1.807, 2.05) is 0 Å². The lowest BCUT2D eigenvalue weighted by Gasteiger charge is -2.31. The van der Waals surface area contributed by atoms with Crippen LogP contribution in [0.1, 0.15) is 18.4 Å². The van der Waals surface area contributed by atoms with Crippen LogP contribution < -0.4 is 9.47 Å². The third-order valence-corrected chi connectivity index (χ3v) is 6.14. The highest BCUT2D eigenvalue weighted by Gasteiger charge is 2.33. The van der Waals surface area contributed by atoms with E-state index in [-0.39, 0.29) is 22.5 Å². The zero-order valence-corrected chi connectivity index (χ0v) is 15.8. The third kappa shape index (κ3) is 4.35. The molecule has 1 aromatic rings. The summed E-state index contributed by atoms with van der Waals surface area (Å²) in [5.41, 5.74) is 0.385. The molecule has 1 aliphatic heterocycles. The molecule has 1 N–H and O–H groups in total. The SMILES string of the molecule is COc1cc(/C=C/C(=O)O)cc(S(=O)(=O)N2CCC(OC)CC2)c1OC. The monoisotopic (exact) mass is 385 g/mol. The average Bonchev–Trinajstić information content (AvgIpc) is 2.65. The quantitative estimate of drug-likeness (QED) is 0.711. The average molecular weight is 385 g/mol. The number of hydrogen-bond donors (Lipinski definition) is 1. The molecular weight excluding hydrogens is 362 g/mol. The number of carbonyl (C=O) groups is 1. The van der Waals surface area contributed by atoms with Gasteiger partial charge in [0.1, 0.15) is 4.90 Å². The fourth-order valence-electron chi connectivity index (χ4n) is 2.85. The van der Waals surface area contributed by atoms with E-state index in [0.717, 1.165) is 6.08 Å². The first-order valence-corrected chi connectivity index (χ1v) is 9.47. The van der Waals surface area contributed by atoms with Crippen LogP contribution in [-0.4, -0.2) is 64.3 Å². The summed E-state index contributed by atoms with van der Waals surface area (Å²) in [7, 11) is 0.527. The van der Waals surface area contributed by atoms with E-state index >= 15 is 0 Å². The molecule has 0 aliphatic carbocycles. The van der Waals surface area contributed by atoms with Gasteiger partial charge >= 0.3 is 5.97 Å². The van der Waals surface area contributed by atoms with Gasteiger partial charge < -0.3 is 19.3 Å². The van der Waals surface area contributed by atoms with Crippen LogP contribution in [0.2, 0.25) is 0 Å². The van der Waals surface area contributed by atoms with Gasteiger partial charge in [-0.3, -0.25) is 0 Å². The Kier molecular flexibility index (Phi) is 6.63. The minimum atomic E-state index is -3.84. The summed E-state index contributed by atoms with van der Waals surface area (Å²) >= 11 is 0. The number of rotatable bonds is 7. The van der Waals surface area contributed by atoms with Gasteiger partial charge in [-0.1, -0.05) is 0 Å². The van der Waals surface area contributed by atoms with Gasteiger partial charge in [-0.25, -0.2) is 13.2 Å². The van der Waals surface area contributed by atoms with Crippen molar-refractivity contribution in [2.24, 2.45) is 0 Å². The first kappa shape index (κ1) is 20.2. The maximum atomic E-state index is 13.1. The Morgan fingerprint density at radius 3 is 2.35 bits per heavy atom. The van der Waals surface area contributed by atoms with E-state index < -0.39 is 16.0 Å². The maximum absolute atomic E-state index is 13.1. The molecule has 0 atom stereocenters. The molecule has 1 heterocycles. The van der Waals surface area contributed by atoms with Crippen LogP contribution in [0.15, 0.2) is 23.1 Å². The standard InChI is InChI=1S/C17H23NO7S/c1-23-13-6-8-18(9-7-13)26(21,22)15-11-12(4-5-16(19)20)10-14(24-2)17(15)25-3/h4-5,10-11,13H,6-9H2,1-3H3,(H,19,20)/b5-4+. The number of sulfonamides is 1. The molecule has 0 spiro atoms. The second-order valence-electron chi connectivity index (χ2n) is 5.77. The zero-order chi connectivity index (χ0) is 19.3. The lowest BCUT2D eigenvalue weighted by molar-refractivity contribution is -0.131. The molecule has 1 fully saturated rings. The molecular formula is C17H23NO7S. The molecule has 8 nitrogen and oxygen atoms in total. The number of aliphatic carboxylic acids is 1. The van der Waals surface area contributed by atoms with Crippen molar-refractivity contribution in [3.8, 4) is 11.5 Å². The van der Waals surface area contributed by atoms with Crippen molar-refractivity contribution in [1.82, 2.24) is 4.31 Å². The van der Waals surface area contributed by atoms with Crippen LogP contribution in [0.25, 0.3) is 6.08 Å². The maximum Gasteiger partial charge on any atom is 0.328 e. The number of carboxylic acids is 1. The molecule has 1 aliphatic rings.